The number of hydrogen-bond donors (Lipinski definition) is 0. The molecule has 3 rings (SSSR count). The fourth-order valence-electron chi connectivity index (χ4n) is 4.12. The minimum absolute atomic E-state index is 0. The largest absolute Gasteiger partial charge is 1.00 e. The van der Waals surface area contributed by atoms with Crippen LogP contribution in [0.15, 0.2) is 48.8 Å². The van der Waals surface area contributed by atoms with Gasteiger partial charge in [0.25, 0.3) is 0 Å². The molecule has 0 amide bonds. The second-order valence-corrected chi connectivity index (χ2v) is 8.15. The van der Waals surface area contributed by atoms with Gasteiger partial charge in [0.15, 0.2) is 12.4 Å². The maximum Gasteiger partial charge on any atom is 0.192 e. The van der Waals surface area contributed by atoms with Crippen molar-refractivity contribution in [2.45, 2.75) is 57.8 Å². The Morgan fingerprint density at radius 3 is 2.41 bits per heavy atom. The van der Waals surface area contributed by atoms with Crippen molar-refractivity contribution in [2.75, 3.05) is 11.4 Å². The van der Waals surface area contributed by atoms with Crippen LogP contribution in [0.4, 0.5) is 11.4 Å². The maximum absolute atomic E-state index is 6.08. The topological polar surface area (TPSA) is 7.12 Å². The number of aryl methyl sites for hydroxylation is 1. The molecular weight excluding hydrogens is 467 g/mol. The van der Waals surface area contributed by atoms with Crippen molar-refractivity contribution < 1.29 is 28.5 Å². The van der Waals surface area contributed by atoms with E-state index >= 15 is 0 Å². The van der Waals surface area contributed by atoms with Crippen LogP contribution in [0.2, 0.25) is 5.02 Å². The predicted octanol–water partition coefficient (Wildman–Crippen LogP) is 3.45. The van der Waals surface area contributed by atoms with Gasteiger partial charge in [-0.25, -0.2) is 4.57 Å². The van der Waals surface area contributed by atoms with Crippen LogP contribution in [0.5, 0.6) is 0 Å². The Balaban J connectivity index is 0.00000261. The second kappa shape index (κ2) is 11.9. The highest BCUT2D eigenvalue weighted by Crippen LogP contribution is 2.29. The maximum atomic E-state index is 6.08. The van der Waals surface area contributed by atoms with Crippen LogP contribution >= 0.6 is 11.6 Å². The molecule has 148 valence electrons. The van der Waals surface area contributed by atoms with Crippen LogP contribution in [-0.2, 0) is 7.05 Å². The summed E-state index contributed by atoms with van der Waals surface area (Å²) in [5.74, 6) is 1.00. The lowest BCUT2D eigenvalue weighted by atomic mass is 9.85. The van der Waals surface area contributed by atoms with Gasteiger partial charge in [0.1, 0.15) is 12.7 Å². The molecule has 2 nitrogen and oxygen atoms in total. The van der Waals surface area contributed by atoms with Crippen LogP contribution in [0, 0.1) is 5.92 Å². The summed E-state index contributed by atoms with van der Waals surface area (Å²) >= 11 is 6.08. The fourth-order valence-corrected chi connectivity index (χ4v) is 4.24. The van der Waals surface area contributed by atoms with Crippen LogP contribution in [0.25, 0.3) is 0 Å². The summed E-state index contributed by atoms with van der Waals surface area (Å²) < 4.78 is 2.11. The molecular formula is C23H32ClIN2. The predicted molar refractivity (Wildman–Crippen MR) is 111 cm³/mol. The normalized spacial score (nSPS) is 14.6. The molecule has 0 unspecified atom stereocenters. The van der Waals surface area contributed by atoms with E-state index < -0.39 is 0 Å². The number of anilines is 2. The molecule has 0 spiro atoms. The number of nitrogens with zero attached hydrogens (tertiary/aromatic N) is 2. The average molecular weight is 499 g/mol. The minimum atomic E-state index is 0. The van der Waals surface area contributed by atoms with Crippen molar-refractivity contribution in [3.05, 3.63) is 53.8 Å². The minimum Gasteiger partial charge on any atom is -1.00 e. The Morgan fingerprint density at radius 2 is 1.70 bits per heavy atom. The number of unbranched alkanes of at least 4 members (excludes halogenated alkanes) is 2. The van der Waals surface area contributed by atoms with E-state index in [1.807, 2.05) is 12.1 Å². The van der Waals surface area contributed by atoms with Crippen molar-refractivity contribution in [1.29, 1.82) is 0 Å². The molecule has 0 N–H and O–H groups in total. The molecule has 1 fully saturated rings. The first kappa shape index (κ1) is 22.5. The number of pyridine rings is 1. The van der Waals surface area contributed by atoms with Gasteiger partial charge in [-0.15, -0.1) is 0 Å². The first-order valence-corrected chi connectivity index (χ1v) is 10.6. The summed E-state index contributed by atoms with van der Waals surface area (Å²) in [6, 6.07) is 12.5. The van der Waals surface area contributed by atoms with E-state index in [2.05, 4.69) is 53.2 Å². The van der Waals surface area contributed by atoms with Gasteiger partial charge in [0.2, 0.25) is 0 Å². The quantitative estimate of drug-likeness (QED) is 0.307. The summed E-state index contributed by atoms with van der Waals surface area (Å²) in [4.78, 5) is 2.41. The van der Waals surface area contributed by atoms with Gasteiger partial charge in [-0.3, -0.25) is 0 Å². The van der Waals surface area contributed by atoms with E-state index in [1.165, 1.54) is 69.2 Å². The number of halogens is 2. The summed E-state index contributed by atoms with van der Waals surface area (Å²) in [5.41, 5.74) is 2.46. The summed E-state index contributed by atoms with van der Waals surface area (Å²) in [7, 11) is 2.08. The van der Waals surface area contributed by atoms with Crippen molar-refractivity contribution in [2.24, 2.45) is 13.0 Å². The zero-order chi connectivity index (χ0) is 18.2. The standard InChI is InChI=1S/C23H32ClN2.HI/c1-25-17-8-12-23(19-25)26(22-15-13-21(24)14-16-22)18-7-3-6-11-20-9-4-2-5-10-20;/h8,12-17,19-20H,2-7,9-11,18H2,1H3;1H/q+1;/p-1. The molecule has 0 saturated heterocycles. The van der Waals surface area contributed by atoms with Gasteiger partial charge < -0.3 is 28.9 Å². The van der Waals surface area contributed by atoms with E-state index in [0.29, 0.717) is 0 Å². The van der Waals surface area contributed by atoms with Gasteiger partial charge in [-0.05, 0) is 42.7 Å². The molecule has 0 atom stereocenters. The molecule has 0 radical (unpaired) electrons. The van der Waals surface area contributed by atoms with Gasteiger partial charge in [-0.2, -0.15) is 0 Å². The number of hydrogen-bond acceptors (Lipinski definition) is 1. The molecule has 0 bridgehead atoms. The highest BCUT2D eigenvalue weighted by molar-refractivity contribution is 6.30. The van der Waals surface area contributed by atoms with Gasteiger partial charge >= 0.3 is 0 Å². The lowest BCUT2D eigenvalue weighted by Gasteiger charge is -2.24. The first-order chi connectivity index (χ1) is 12.7. The third-order valence-corrected chi connectivity index (χ3v) is 5.84. The van der Waals surface area contributed by atoms with Crippen molar-refractivity contribution in [3.63, 3.8) is 0 Å². The van der Waals surface area contributed by atoms with Crippen molar-refractivity contribution in [1.82, 2.24) is 0 Å². The molecule has 1 aromatic heterocycles. The lowest BCUT2D eigenvalue weighted by Crippen LogP contribution is -3.00. The van der Waals surface area contributed by atoms with Crippen LogP contribution in [-0.4, -0.2) is 6.54 Å². The SMILES string of the molecule is C[n+]1cccc(N(CCCCCC2CCCCC2)c2ccc(Cl)cc2)c1.[I-]. The second-order valence-electron chi connectivity index (χ2n) is 7.71. The molecule has 0 aliphatic heterocycles. The zero-order valence-corrected chi connectivity index (χ0v) is 19.3. The average Bonchev–Trinajstić information content (AvgIpc) is 2.66. The zero-order valence-electron chi connectivity index (χ0n) is 16.4. The van der Waals surface area contributed by atoms with Gasteiger partial charge in [0, 0.05) is 23.3 Å². The summed E-state index contributed by atoms with van der Waals surface area (Å²) in [6.07, 6.45) is 16.9. The Bertz CT molecular complexity index is 668. The van der Waals surface area contributed by atoms with E-state index in [0.717, 1.165) is 17.5 Å². The monoisotopic (exact) mass is 498 g/mol. The smallest absolute Gasteiger partial charge is 0.192 e. The fraction of sp³-hybridized carbons (Fsp3) is 0.522. The molecule has 1 saturated carbocycles. The molecule has 1 aliphatic carbocycles. The van der Waals surface area contributed by atoms with Crippen molar-refractivity contribution in [3.8, 4) is 0 Å². The van der Waals surface area contributed by atoms with Gasteiger partial charge in [0.05, 0.1) is 0 Å². The van der Waals surface area contributed by atoms with Crippen LogP contribution in [0.1, 0.15) is 57.8 Å². The molecule has 1 heterocycles. The van der Waals surface area contributed by atoms with Crippen molar-refractivity contribution >= 4 is 23.0 Å². The highest BCUT2D eigenvalue weighted by atomic mass is 127. The summed E-state index contributed by atoms with van der Waals surface area (Å²) in [6.45, 7) is 1.05. The number of aromatic nitrogens is 1. The third kappa shape index (κ3) is 7.26. The summed E-state index contributed by atoms with van der Waals surface area (Å²) in [5, 5.41) is 0.791. The molecule has 27 heavy (non-hydrogen) atoms. The highest BCUT2D eigenvalue weighted by Gasteiger charge is 2.14. The molecule has 2 aromatic rings. The van der Waals surface area contributed by atoms with E-state index in [-0.39, 0.29) is 24.0 Å². The number of rotatable bonds is 8. The van der Waals surface area contributed by atoms with Crippen LogP contribution < -0.4 is 33.4 Å². The Labute approximate surface area is 186 Å². The van der Waals surface area contributed by atoms with E-state index in [4.69, 9.17) is 11.6 Å². The van der Waals surface area contributed by atoms with Crippen LogP contribution in [0.3, 0.4) is 0 Å². The van der Waals surface area contributed by atoms with Gasteiger partial charge in [-0.1, -0.05) is 63.0 Å². The molecule has 1 aromatic carbocycles. The molecule has 1 aliphatic rings. The Morgan fingerprint density at radius 1 is 0.963 bits per heavy atom. The Hall–Kier alpha value is -0.810. The van der Waals surface area contributed by atoms with E-state index in [1.54, 1.807) is 0 Å². The van der Waals surface area contributed by atoms with E-state index in [9.17, 15) is 0 Å². The number of benzene rings is 1. The third-order valence-electron chi connectivity index (χ3n) is 5.59. The lowest BCUT2D eigenvalue weighted by molar-refractivity contribution is -0.670. The Kier molecular flexibility index (Phi) is 9.91. The molecule has 4 heteroatoms. The first-order valence-electron chi connectivity index (χ1n) is 10.2.